The Morgan fingerprint density at radius 1 is 0.971 bits per heavy atom. The van der Waals surface area contributed by atoms with Gasteiger partial charge in [-0.2, -0.15) is 0 Å². The average molecular weight is 512 g/mol. The number of carbonyl (C=O) groups is 2. The highest BCUT2D eigenvalue weighted by Crippen LogP contribution is 2.36. The van der Waals surface area contributed by atoms with Gasteiger partial charge in [0, 0.05) is 11.1 Å². The number of nitrogens with zero attached hydrogens (tertiary/aromatic N) is 3. The predicted octanol–water partition coefficient (Wildman–Crippen LogP) is 6.19. The van der Waals surface area contributed by atoms with Crippen LogP contribution in [0.25, 0.3) is 6.08 Å². The summed E-state index contributed by atoms with van der Waals surface area (Å²) in [7, 11) is 0. The first kappa shape index (κ1) is 23.9. The van der Waals surface area contributed by atoms with E-state index < -0.39 is 32.4 Å². The largest absolute Gasteiger partial charge is 0.450 e. The molecular formula is C23H14ClN3O7S. The highest BCUT2D eigenvalue weighted by Gasteiger charge is 2.35. The lowest BCUT2D eigenvalue weighted by Gasteiger charge is -2.12. The van der Waals surface area contributed by atoms with Gasteiger partial charge >= 0.3 is 5.69 Å². The van der Waals surface area contributed by atoms with Gasteiger partial charge in [-0.3, -0.25) is 34.7 Å². The molecule has 10 nitrogen and oxygen atoms in total. The minimum atomic E-state index is -0.775. The lowest BCUT2D eigenvalue weighted by atomic mass is 10.2. The second-order valence-electron chi connectivity index (χ2n) is 7.24. The maximum absolute atomic E-state index is 12.8. The van der Waals surface area contributed by atoms with Gasteiger partial charge in [0.05, 0.1) is 27.4 Å². The van der Waals surface area contributed by atoms with Crippen molar-refractivity contribution in [2.75, 3.05) is 0 Å². The number of halogens is 1. The number of rotatable bonds is 7. The zero-order valence-corrected chi connectivity index (χ0v) is 19.2. The van der Waals surface area contributed by atoms with E-state index in [1.54, 1.807) is 36.4 Å². The Morgan fingerprint density at radius 2 is 1.71 bits per heavy atom. The van der Waals surface area contributed by atoms with Gasteiger partial charge in [-0.25, -0.2) is 0 Å². The van der Waals surface area contributed by atoms with Gasteiger partial charge in [0.15, 0.2) is 0 Å². The number of nitro benzene ring substituents is 2. The number of imide groups is 1. The third-order valence-electron chi connectivity index (χ3n) is 4.86. The molecule has 1 aliphatic heterocycles. The molecule has 3 aromatic rings. The molecule has 35 heavy (non-hydrogen) atoms. The van der Waals surface area contributed by atoms with Crippen LogP contribution in [0.2, 0.25) is 5.02 Å². The summed E-state index contributed by atoms with van der Waals surface area (Å²) in [4.78, 5) is 47.3. The predicted molar refractivity (Wildman–Crippen MR) is 129 cm³/mol. The first-order valence-corrected chi connectivity index (χ1v) is 11.1. The molecule has 4 rings (SSSR count). The maximum Gasteiger partial charge on any atom is 0.318 e. The fraction of sp³-hybridized carbons (Fsp3) is 0.0435. The monoisotopic (exact) mass is 511 g/mol. The van der Waals surface area contributed by atoms with Crippen LogP contribution in [0.1, 0.15) is 11.1 Å². The molecule has 1 aliphatic rings. The minimum Gasteiger partial charge on any atom is -0.450 e. The summed E-state index contributed by atoms with van der Waals surface area (Å²) in [6.45, 7) is 0.103. The zero-order valence-electron chi connectivity index (χ0n) is 17.6. The molecule has 0 saturated carbocycles. The number of hydrogen-bond donors (Lipinski definition) is 0. The molecule has 0 unspecified atom stereocenters. The van der Waals surface area contributed by atoms with Gasteiger partial charge in [0.2, 0.25) is 5.75 Å². The third kappa shape index (κ3) is 5.48. The molecule has 12 heteroatoms. The molecule has 0 radical (unpaired) electrons. The van der Waals surface area contributed by atoms with Crippen molar-refractivity contribution in [1.29, 1.82) is 0 Å². The summed E-state index contributed by atoms with van der Waals surface area (Å²) < 4.78 is 5.60. The van der Waals surface area contributed by atoms with Gasteiger partial charge < -0.3 is 4.74 Å². The SMILES string of the molecule is O=C1S/C(=C/c2cccc(Oc3ccc([N+](=O)[O-])cc3[N+](=O)[O-])c2)C(=O)N1Cc1ccc(Cl)cc1. The van der Waals surface area contributed by atoms with E-state index in [0.29, 0.717) is 10.6 Å². The van der Waals surface area contributed by atoms with Gasteiger partial charge in [0.1, 0.15) is 5.75 Å². The number of non-ortho nitro benzene ring substituents is 1. The fourth-order valence-electron chi connectivity index (χ4n) is 3.20. The molecule has 0 atom stereocenters. The number of nitro groups is 2. The highest BCUT2D eigenvalue weighted by atomic mass is 35.5. The Bertz CT molecular complexity index is 1390. The van der Waals surface area contributed by atoms with Crippen molar-refractivity contribution in [3.8, 4) is 11.5 Å². The lowest BCUT2D eigenvalue weighted by Crippen LogP contribution is -2.27. The minimum absolute atomic E-state index is 0.103. The van der Waals surface area contributed by atoms with Crippen molar-refractivity contribution in [3.05, 3.63) is 108 Å². The fourth-order valence-corrected chi connectivity index (χ4v) is 4.17. The summed E-state index contributed by atoms with van der Waals surface area (Å²) in [6, 6.07) is 16.2. The van der Waals surface area contributed by atoms with Crippen LogP contribution >= 0.6 is 23.4 Å². The van der Waals surface area contributed by atoms with E-state index in [2.05, 4.69) is 0 Å². The van der Waals surface area contributed by atoms with Gasteiger partial charge in [0.25, 0.3) is 16.8 Å². The molecule has 2 amide bonds. The number of carbonyl (C=O) groups excluding carboxylic acids is 2. The van der Waals surface area contributed by atoms with Crippen LogP contribution in [0, 0.1) is 20.2 Å². The third-order valence-corrected chi connectivity index (χ3v) is 6.02. The molecule has 1 heterocycles. The second kappa shape index (κ2) is 9.95. The molecule has 0 aliphatic carbocycles. The molecule has 0 aromatic heterocycles. The van der Waals surface area contributed by atoms with Crippen molar-refractivity contribution < 1.29 is 24.2 Å². The normalized spacial score (nSPS) is 14.4. The first-order chi connectivity index (χ1) is 16.7. The molecule has 0 N–H and O–H groups in total. The molecule has 3 aromatic carbocycles. The molecule has 0 bridgehead atoms. The topological polar surface area (TPSA) is 133 Å². The van der Waals surface area contributed by atoms with E-state index in [1.807, 2.05) is 0 Å². The smallest absolute Gasteiger partial charge is 0.318 e. The van der Waals surface area contributed by atoms with Crippen molar-refractivity contribution in [2.24, 2.45) is 0 Å². The van der Waals surface area contributed by atoms with E-state index in [1.165, 1.54) is 18.2 Å². The van der Waals surface area contributed by atoms with E-state index in [4.69, 9.17) is 16.3 Å². The number of ether oxygens (including phenoxy) is 1. The standard InChI is InChI=1S/C23H14ClN3O7S/c24-16-6-4-14(5-7-16)13-25-22(28)21(35-23(25)29)11-15-2-1-3-18(10-15)34-20-9-8-17(26(30)31)12-19(20)27(32)33/h1-12H,13H2/b21-11+. The Morgan fingerprint density at radius 3 is 2.40 bits per heavy atom. The molecular weight excluding hydrogens is 498 g/mol. The Balaban J connectivity index is 1.54. The van der Waals surface area contributed by atoms with Gasteiger partial charge in [-0.05, 0) is 59.3 Å². The Kier molecular flexibility index (Phi) is 6.80. The van der Waals surface area contributed by atoms with Crippen molar-refractivity contribution in [2.45, 2.75) is 6.54 Å². The molecule has 1 fully saturated rings. The number of amides is 2. The highest BCUT2D eigenvalue weighted by molar-refractivity contribution is 8.18. The number of thioether (sulfide) groups is 1. The Hall–Kier alpha value is -4.22. The first-order valence-electron chi connectivity index (χ1n) is 9.92. The zero-order chi connectivity index (χ0) is 25.1. The summed E-state index contributed by atoms with van der Waals surface area (Å²) >= 11 is 6.67. The second-order valence-corrected chi connectivity index (χ2v) is 8.66. The van der Waals surface area contributed by atoms with E-state index in [0.717, 1.165) is 40.4 Å². The van der Waals surface area contributed by atoms with Crippen LogP contribution in [0.4, 0.5) is 16.2 Å². The van der Waals surface area contributed by atoms with E-state index in [-0.39, 0.29) is 22.9 Å². The lowest BCUT2D eigenvalue weighted by molar-refractivity contribution is -0.394. The summed E-state index contributed by atoms with van der Waals surface area (Å²) in [6.07, 6.45) is 1.52. The average Bonchev–Trinajstić information content (AvgIpc) is 3.08. The van der Waals surface area contributed by atoms with Gasteiger partial charge in [-0.1, -0.05) is 35.9 Å². The van der Waals surface area contributed by atoms with E-state index >= 15 is 0 Å². The van der Waals surface area contributed by atoms with Crippen LogP contribution in [0.3, 0.4) is 0 Å². The molecule has 1 saturated heterocycles. The van der Waals surface area contributed by atoms with Crippen LogP contribution in [0.15, 0.2) is 71.6 Å². The summed E-state index contributed by atoms with van der Waals surface area (Å²) in [5.74, 6) is -0.426. The van der Waals surface area contributed by atoms with Crippen molar-refractivity contribution in [1.82, 2.24) is 4.90 Å². The van der Waals surface area contributed by atoms with Crippen molar-refractivity contribution in [3.63, 3.8) is 0 Å². The maximum atomic E-state index is 12.8. The molecule has 176 valence electrons. The van der Waals surface area contributed by atoms with Crippen LogP contribution in [-0.4, -0.2) is 25.9 Å². The Labute approximate surface area is 207 Å². The van der Waals surface area contributed by atoms with Crippen molar-refractivity contribution >= 4 is 52.0 Å². The number of hydrogen-bond acceptors (Lipinski definition) is 8. The van der Waals surface area contributed by atoms with Crippen LogP contribution < -0.4 is 4.74 Å². The van der Waals surface area contributed by atoms with E-state index in [9.17, 15) is 29.8 Å². The van der Waals surface area contributed by atoms with Gasteiger partial charge in [-0.15, -0.1) is 0 Å². The molecule has 0 spiro atoms. The van der Waals surface area contributed by atoms with Crippen LogP contribution in [0.5, 0.6) is 11.5 Å². The van der Waals surface area contributed by atoms with Crippen LogP contribution in [-0.2, 0) is 11.3 Å². The summed E-state index contributed by atoms with van der Waals surface area (Å²) in [5.41, 5.74) is 0.266. The number of benzene rings is 3. The summed E-state index contributed by atoms with van der Waals surface area (Å²) in [5, 5.41) is 22.4. The quantitative estimate of drug-likeness (QED) is 0.208.